The van der Waals surface area contributed by atoms with E-state index in [1.165, 1.54) is 12.3 Å². The number of nitrogens with one attached hydrogen (secondary N) is 1. The van der Waals surface area contributed by atoms with Crippen molar-refractivity contribution in [3.05, 3.63) is 23.8 Å². The van der Waals surface area contributed by atoms with Crippen molar-refractivity contribution in [1.29, 1.82) is 0 Å². The molecule has 0 bridgehead atoms. The third-order valence-corrected chi connectivity index (χ3v) is 1.36. The van der Waals surface area contributed by atoms with Gasteiger partial charge in [0.05, 0.1) is 12.2 Å². The molecular weight excluding hydrogens is 169 g/mol. The number of rotatable bonds is 1. The second-order valence-electron chi connectivity index (χ2n) is 2.44. The topological polar surface area (TPSA) is 50.9 Å². The lowest BCUT2D eigenvalue weighted by atomic mass is 10.2. The van der Waals surface area contributed by atoms with Crippen LogP contribution in [0.1, 0.15) is 5.56 Å². The molecule has 1 aromatic heterocycles. The summed E-state index contributed by atoms with van der Waals surface area (Å²) in [6.07, 6.45) is 1.36. The van der Waals surface area contributed by atoms with Crippen molar-refractivity contribution in [2.24, 2.45) is 0 Å². The summed E-state index contributed by atoms with van der Waals surface area (Å²) in [4.78, 5) is 3.44. The van der Waals surface area contributed by atoms with Crippen LogP contribution in [0.2, 0.25) is 0 Å². The van der Waals surface area contributed by atoms with E-state index in [0.717, 1.165) is 0 Å². The predicted octanol–water partition coefficient (Wildman–Crippen LogP) is 0.374. The fraction of sp³-hybridized carbons (Fsp3) is 0.222. The van der Waals surface area contributed by atoms with Gasteiger partial charge in [-0.2, -0.15) is 4.39 Å². The Morgan fingerprint density at radius 3 is 3.08 bits per heavy atom. The van der Waals surface area contributed by atoms with Crippen LogP contribution < -0.4 is 11.1 Å². The molecule has 0 atom stereocenters. The highest BCUT2D eigenvalue weighted by atomic mass is 19.1. The summed E-state index contributed by atoms with van der Waals surface area (Å²) in [6.45, 7) is 0.581. The molecule has 0 unspecified atom stereocenters. The first-order valence-corrected chi connectivity index (χ1v) is 3.78. The standard InChI is InChI=1S/C9H10FN3/c1-12-4-2-3-7-5-8(11)9(10)13-6-7/h5-6,12H,4,11H2,1H3. The molecular formula is C9H10FN3. The van der Waals surface area contributed by atoms with E-state index in [4.69, 9.17) is 5.73 Å². The molecule has 0 aliphatic carbocycles. The van der Waals surface area contributed by atoms with Gasteiger partial charge in [-0.3, -0.25) is 0 Å². The van der Waals surface area contributed by atoms with Crippen molar-refractivity contribution < 1.29 is 4.39 Å². The molecule has 0 radical (unpaired) electrons. The summed E-state index contributed by atoms with van der Waals surface area (Å²) in [5, 5.41) is 2.86. The van der Waals surface area contributed by atoms with Crippen LogP contribution in [-0.4, -0.2) is 18.6 Å². The van der Waals surface area contributed by atoms with Crippen LogP contribution in [0, 0.1) is 17.8 Å². The average Bonchev–Trinajstić information content (AvgIpc) is 2.12. The second-order valence-corrected chi connectivity index (χ2v) is 2.44. The molecule has 1 aromatic rings. The summed E-state index contributed by atoms with van der Waals surface area (Å²) in [5.74, 6) is 4.96. The molecule has 1 rings (SSSR count). The molecule has 3 nitrogen and oxygen atoms in total. The van der Waals surface area contributed by atoms with Gasteiger partial charge in [-0.1, -0.05) is 11.8 Å². The highest BCUT2D eigenvalue weighted by Gasteiger charge is 1.97. The quantitative estimate of drug-likeness (QED) is 0.484. The van der Waals surface area contributed by atoms with Gasteiger partial charge in [0.25, 0.3) is 0 Å². The number of nitrogen functional groups attached to an aromatic ring is 1. The van der Waals surface area contributed by atoms with Crippen molar-refractivity contribution in [3.8, 4) is 11.8 Å². The van der Waals surface area contributed by atoms with Gasteiger partial charge in [-0.25, -0.2) is 4.98 Å². The van der Waals surface area contributed by atoms with E-state index >= 15 is 0 Å². The summed E-state index contributed by atoms with van der Waals surface area (Å²) < 4.78 is 12.6. The van der Waals surface area contributed by atoms with Gasteiger partial charge >= 0.3 is 0 Å². The van der Waals surface area contributed by atoms with E-state index in [1.54, 1.807) is 7.05 Å². The summed E-state index contributed by atoms with van der Waals surface area (Å²) in [5.41, 5.74) is 5.95. The zero-order valence-electron chi connectivity index (χ0n) is 7.26. The fourth-order valence-corrected chi connectivity index (χ4v) is 0.768. The SMILES string of the molecule is CNCC#Cc1cnc(F)c(N)c1. The molecule has 0 aliphatic heterocycles. The van der Waals surface area contributed by atoms with E-state index in [0.29, 0.717) is 12.1 Å². The molecule has 0 spiro atoms. The number of anilines is 1. The van der Waals surface area contributed by atoms with Gasteiger partial charge in [0.2, 0.25) is 5.95 Å². The first-order valence-electron chi connectivity index (χ1n) is 3.78. The van der Waals surface area contributed by atoms with Crippen LogP contribution in [0.4, 0.5) is 10.1 Å². The van der Waals surface area contributed by atoms with Crippen molar-refractivity contribution >= 4 is 5.69 Å². The maximum atomic E-state index is 12.6. The number of nitrogens with zero attached hydrogens (tertiary/aromatic N) is 1. The van der Waals surface area contributed by atoms with E-state index in [9.17, 15) is 4.39 Å². The number of hydrogen-bond acceptors (Lipinski definition) is 3. The molecule has 0 saturated carbocycles. The number of hydrogen-bond donors (Lipinski definition) is 2. The van der Waals surface area contributed by atoms with Crippen molar-refractivity contribution in [1.82, 2.24) is 10.3 Å². The predicted molar refractivity (Wildman–Crippen MR) is 49.4 cm³/mol. The van der Waals surface area contributed by atoms with E-state index < -0.39 is 5.95 Å². The number of pyridine rings is 1. The molecule has 0 fully saturated rings. The number of nitrogens with two attached hydrogens (primary N) is 1. The highest BCUT2D eigenvalue weighted by molar-refractivity contribution is 5.45. The summed E-state index contributed by atoms with van der Waals surface area (Å²) in [6, 6.07) is 1.46. The van der Waals surface area contributed by atoms with Crippen molar-refractivity contribution in [2.75, 3.05) is 19.3 Å². The minimum Gasteiger partial charge on any atom is -0.395 e. The van der Waals surface area contributed by atoms with Crippen LogP contribution in [0.5, 0.6) is 0 Å². The smallest absolute Gasteiger partial charge is 0.236 e. The van der Waals surface area contributed by atoms with Crippen LogP contribution in [0.25, 0.3) is 0 Å². The zero-order chi connectivity index (χ0) is 9.68. The first-order chi connectivity index (χ1) is 6.24. The van der Waals surface area contributed by atoms with Crippen LogP contribution in [0.15, 0.2) is 12.3 Å². The van der Waals surface area contributed by atoms with Crippen LogP contribution >= 0.6 is 0 Å². The van der Waals surface area contributed by atoms with Crippen LogP contribution in [-0.2, 0) is 0 Å². The molecule has 1 heterocycles. The lowest BCUT2D eigenvalue weighted by Gasteiger charge is -1.94. The Kier molecular flexibility index (Phi) is 3.23. The molecule has 3 N–H and O–H groups in total. The molecule has 0 amide bonds. The van der Waals surface area contributed by atoms with E-state index in [-0.39, 0.29) is 5.69 Å². The molecule has 0 aliphatic rings. The van der Waals surface area contributed by atoms with Gasteiger partial charge in [0.1, 0.15) is 0 Å². The van der Waals surface area contributed by atoms with Crippen LogP contribution in [0.3, 0.4) is 0 Å². The first kappa shape index (κ1) is 9.49. The minimum atomic E-state index is -0.654. The maximum absolute atomic E-state index is 12.6. The largest absolute Gasteiger partial charge is 0.395 e. The van der Waals surface area contributed by atoms with Gasteiger partial charge in [0.15, 0.2) is 0 Å². The summed E-state index contributed by atoms with van der Waals surface area (Å²) in [7, 11) is 1.80. The Labute approximate surface area is 76.2 Å². The van der Waals surface area contributed by atoms with E-state index in [1.807, 2.05) is 0 Å². The molecule has 0 saturated heterocycles. The van der Waals surface area contributed by atoms with Gasteiger partial charge in [-0.15, -0.1) is 0 Å². The van der Waals surface area contributed by atoms with Gasteiger partial charge in [-0.05, 0) is 13.1 Å². The Hall–Kier alpha value is -1.60. The third-order valence-electron chi connectivity index (χ3n) is 1.36. The Balaban J connectivity index is 2.81. The lowest BCUT2D eigenvalue weighted by Crippen LogP contribution is -2.04. The Morgan fingerprint density at radius 1 is 1.69 bits per heavy atom. The van der Waals surface area contributed by atoms with Gasteiger partial charge in [0, 0.05) is 11.8 Å². The molecule has 0 aromatic carbocycles. The summed E-state index contributed by atoms with van der Waals surface area (Å²) >= 11 is 0. The Bertz CT molecular complexity index is 352. The van der Waals surface area contributed by atoms with Crippen molar-refractivity contribution in [3.63, 3.8) is 0 Å². The van der Waals surface area contributed by atoms with Gasteiger partial charge < -0.3 is 11.1 Å². The minimum absolute atomic E-state index is 0.0243. The monoisotopic (exact) mass is 179 g/mol. The number of halogens is 1. The Morgan fingerprint density at radius 2 is 2.46 bits per heavy atom. The third kappa shape index (κ3) is 2.73. The zero-order valence-corrected chi connectivity index (χ0v) is 7.26. The molecule has 4 heteroatoms. The molecule has 68 valence electrons. The van der Waals surface area contributed by atoms with E-state index in [2.05, 4.69) is 22.1 Å². The average molecular weight is 179 g/mol. The molecule has 13 heavy (non-hydrogen) atoms. The number of aromatic nitrogens is 1. The highest BCUT2D eigenvalue weighted by Crippen LogP contribution is 2.07. The van der Waals surface area contributed by atoms with Crippen molar-refractivity contribution in [2.45, 2.75) is 0 Å². The fourth-order valence-electron chi connectivity index (χ4n) is 0.768. The lowest BCUT2D eigenvalue weighted by molar-refractivity contribution is 0.588. The normalized spacial score (nSPS) is 9.08. The second kappa shape index (κ2) is 4.43. The maximum Gasteiger partial charge on any atom is 0.236 e.